The quantitative estimate of drug-likeness (QED) is 0.848. The van der Waals surface area contributed by atoms with Crippen molar-refractivity contribution in [3.63, 3.8) is 0 Å². The number of hydrogen-bond donors (Lipinski definition) is 0. The molecule has 0 aromatic heterocycles. The molecule has 3 heteroatoms. The lowest BCUT2D eigenvalue weighted by atomic mass is 9.98. The van der Waals surface area contributed by atoms with Crippen molar-refractivity contribution in [2.75, 3.05) is 20.2 Å². The number of hydrogen-bond acceptors (Lipinski definition) is 2. The molecule has 1 amide bonds. The second-order valence-electron chi connectivity index (χ2n) is 5.99. The van der Waals surface area contributed by atoms with E-state index in [1.807, 2.05) is 11.0 Å². The van der Waals surface area contributed by atoms with Gasteiger partial charge in [0.2, 0.25) is 5.91 Å². The fraction of sp³-hybridized carbons (Fsp3) is 0.588. The van der Waals surface area contributed by atoms with Crippen LogP contribution in [0, 0.1) is 19.8 Å². The molecule has 0 radical (unpaired) electrons. The van der Waals surface area contributed by atoms with E-state index in [-0.39, 0.29) is 5.91 Å². The van der Waals surface area contributed by atoms with Gasteiger partial charge in [-0.15, -0.1) is 0 Å². The van der Waals surface area contributed by atoms with Crippen molar-refractivity contribution in [2.45, 2.75) is 40.0 Å². The topological polar surface area (TPSA) is 29.5 Å². The summed E-state index contributed by atoms with van der Waals surface area (Å²) in [5.74, 6) is 1.79. The Labute approximate surface area is 121 Å². The number of carbonyl (C=O) groups excluding carboxylic acids is 1. The summed E-state index contributed by atoms with van der Waals surface area (Å²) in [6.07, 6.45) is 2.68. The van der Waals surface area contributed by atoms with Crippen LogP contribution in [0.3, 0.4) is 0 Å². The normalized spacial score (nSPS) is 16.3. The van der Waals surface area contributed by atoms with E-state index in [1.165, 1.54) is 11.1 Å². The lowest BCUT2D eigenvalue weighted by Crippen LogP contribution is -2.38. The van der Waals surface area contributed by atoms with Gasteiger partial charge >= 0.3 is 0 Å². The van der Waals surface area contributed by atoms with Crippen LogP contribution in [-0.4, -0.2) is 31.0 Å². The van der Waals surface area contributed by atoms with E-state index in [1.54, 1.807) is 7.11 Å². The summed E-state index contributed by atoms with van der Waals surface area (Å²) in [6.45, 7) is 8.19. The number of rotatable bonds is 3. The van der Waals surface area contributed by atoms with Gasteiger partial charge in [-0.3, -0.25) is 4.79 Å². The minimum absolute atomic E-state index is 0.221. The van der Waals surface area contributed by atoms with E-state index in [9.17, 15) is 4.79 Å². The predicted molar refractivity (Wildman–Crippen MR) is 81.2 cm³/mol. The molecule has 110 valence electrons. The Hall–Kier alpha value is -1.51. The number of methoxy groups -OCH3 is 1. The molecule has 1 fully saturated rings. The second kappa shape index (κ2) is 6.29. The van der Waals surface area contributed by atoms with Crippen LogP contribution >= 0.6 is 0 Å². The SMILES string of the molecule is COc1cc(C)c(C)cc1CC(=O)N1CCC(C)CC1. The van der Waals surface area contributed by atoms with Gasteiger partial charge in [0.15, 0.2) is 0 Å². The number of carbonyl (C=O) groups is 1. The van der Waals surface area contributed by atoms with Gasteiger partial charge in [0, 0.05) is 18.7 Å². The lowest BCUT2D eigenvalue weighted by Gasteiger charge is -2.30. The first-order valence-corrected chi connectivity index (χ1v) is 7.43. The molecule has 0 saturated carbocycles. The van der Waals surface area contributed by atoms with Gasteiger partial charge < -0.3 is 9.64 Å². The first kappa shape index (κ1) is 14.9. The third-order valence-electron chi connectivity index (χ3n) is 4.37. The summed E-state index contributed by atoms with van der Waals surface area (Å²) < 4.78 is 5.42. The Kier molecular flexibility index (Phi) is 4.69. The van der Waals surface area contributed by atoms with Gasteiger partial charge in [-0.2, -0.15) is 0 Å². The molecule has 3 nitrogen and oxygen atoms in total. The monoisotopic (exact) mass is 275 g/mol. The van der Waals surface area contributed by atoms with Gasteiger partial charge in [0.05, 0.1) is 13.5 Å². The van der Waals surface area contributed by atoms with E-state index in [0.717, 1.165) is 43.2 Å². The van der Waals surface area contributed by atoms with Crippen molar-refractivity contribution in [3.05, 3.63) is 28.8 Å². The van der Waals surface area contributed by atoms with Crippen molar-refractivity contribution in [1.82, 2.24) is 4.90 Å². The van der Waals surface area contributed by atoms with Gasteiger partial charge in [-0.05, 0) is 49.8 Å². The maximum absolute atomic E-state index is 12.4. The first-order valence-electron chi connectivity index (χ1n) is 7.43. The van der Waals surface area contributed by atoms with Gasteiger partial charge in [0.1, 0.15) is 5.75 Å². The van der Waals surface area contributed by atoms with Crippen molar-refractivity contribution in [2.24, 2.45) is 5.92 Å². The Morgan fingerprint density at radius 2 is 1.85 bits per heavy atom. The molecule has 1 aromatic rings. The fourth-order valence-corrected chi connectivity index (χ4v) is 2.71. The number of aryl methyl sites for hydroxylation is 2. The summed E-state index contributed by atoms with van der Waals surface area (Å²) in [5, 5.41) is 0. The van der Waals surface area contributed by atoms with Crippen LogP contribution in [-0.2, 0) is 11.2 Å². The van der Waals surface area contributed by atoms with E-state index in [2.05, 4.69) is 26.8 Å². The van der Waals surface area contributed by atoms with E-state index in [4.69, 9.17) is 4.74 Å². The Morgan fingerprint density at radius 3 is 2.45 bits per heavy atom. The highest BCUT2D eigenvalue weighted by Crippen LogP contribution is 2.25. The highest BCUT2D eigenvalue weighted by atomic mass is 16.5. The first-order chi connectivity index (χ1) is 9.51. The molecule has 0 atom stereocenters. The number of amides is 1. The van der Waals surface area contributed by atoms with Crippen LogP contribution in [0.4, 0.5) is 0 Å². The fourth-order valence-electron chi connectivity index (χ4n) is 2.71. The Bertz CT molecular complexity index is 488. The van der Waals surface area contributed by atoms with Crippen molar-refractivity contribution >= 4 is 5.91 Å². The average Bonchev–Trinajstić information content (AvgIpc) is 2.43. The summed E-state index contributed by atoms with van der Waals surface area (Å²) in [6, 6.07) is 4.11. The molecular weight excluding hydrogens is 250 g/mol. The largest absolute Gasteiger partial charge is 0.496 e. The number of benzene rings is 1. The zero-order chi connectivity index (χ0) is 14.7. The van der Waals surface area contributed by atoms with Crippen LogP contribution in [0.1, 0.15) is 36.5 Å². The molecule has 1 aromatic carbocycles. The van der Waals surface area contributed by atoms with Crippen molar-refractivity contribution in [1.29, 1.82) is 0 Å². The summed E-state index contributed by atoms with van der Waals surface area (Å²) in [4.78, 5) is 14.4. The van der Waals surface area contributed by atoms with Crippen LogP contribution < -0.4 is 4.74 Å². The molecule has 0 aliphatic carbocycles. The minimum Gasteiger partial charge on any atom is -0.496 e. The third-order valence-corrected chi connectivity index (χ3v) is 4.37. The highest BCUT2D eigenvalue weighted by Gasteiger charge is 2.21. The van der Waals surface area contributed by atoms with Gasteiger partial charge in [-0.25, -0.2) is 0 Å². The minimum atomic E-state index is 0.221. The van der Waals surface area contributed by atoms with E-state index >= 15 is 0 Å². The van der Waals surface area contributed by atoms with Crippen molar-refractivity contribution in [3.8, 4) is 5.75 Å². The second-order valence-corrected chi connectivity index (χ2v) is 5.99. The molecule has 20 heavy (non-hydrogen) atoms. The zero-order valence-electron chi connectivity index (χ0n) is 13.0. The smallest absolute Gasteiger partial charge is 0.227 e. The predicted octanol–water partition coefficient (Wildman–Crippen LogP) is 3.11. The van der Waals surface area contributed by atoms with Gasteiger partial charge in [-0.1, -0.05) is 13.0 Å². The number of likely N-dealkylation sites (tertiary alicyclic amines) is 1. The summed E-state index contributed by atoms with van der Waals surface area (Å²) in [5.41, 5.74) is 3.41. The molecule has 1 aliphatic rings. The number of nitrogens with zero attached hydrogens (tertiary/aromatic N) is 1. The zero-order valence-corrected chi connectivity index (χ0v) is 13.0. The van der Waals surface area contributed by atoms with Crippen LogP contribution in [0.25, 0.3) is 0 Å². The number of piperidine rings is 1. The Morgan fingerprint density at radius 1 is 1.25 bits per heavy atom. The molecule has 0 unspecified atom stereocenters. The maximum atomic E-state index is 12.4. The maximum Gasteiger partial charge on any atom is 0.227 e. The average molecular weight is 275 g/mol. The van der Waals surface area contributed by atoms with E-state index in [0.29, 0.717) is 6.42 Å². The van der Waals surface area contributed by atoms with Crippen LogP contribution in [0.5, 0.6) is 5.75 Å². The number of ether oxygens (including phenoxy) is 1. The Balaban J connectivity index is 2.09. The summed E-state index contributed by atoms with van der Waals surface area (Å²) in [7, 11) is 1.67. The van der Waals surface area contributed by atoms with Crippen LogP contribution in [0.15, 0.2) is 12.1 Å². The third kappa shape index (κ3) is 3.33. The van der Waals surface area contributed by atoms with E-state index < -0.39 is 0 Å². The lowest BCUT2D eigenvalue weighted by molar-refractivity contribution is -0.131. The molecule has 0 spiro atoms. The molecule has 0 bridgehead atoms. The van der Waals surface area contributed by atoms with Crippen molar-refractivity contribution < 1.29 is 9.53 Å². The molecule has 1 saturated heterocycles. The molecule has 0 N–H and O–H groups in total. The molecule has 1 heterocycles. The van der Waals surface area contributed by atoms with Gasteiger partial charge in [0.25, 0.3) is 0 Å². The molecule has 2 rings (SSSR count). The standard InChI is InChI=1S/C17H25NO2/c1-12-5-7-18(8-6-12)17(19)11-15-9-13(2)14(3)10-16(15)20-4/h9-10,12H,5-8,11H2,1-4H3. The van der Waals surface area contributed by atoms with Crippen LogP contribution in [0.2, 0.25) is 0 Å². The summed E-state index contributed by atoms with van der Waals surface area (Å²) >= 11 is 0. The molecule has 1 aliphatic heterocycles. The molecular formula is C17H25NO2. The highest BCUT2D eigenvalue weighted by molar-refractivity contribution is 5.79.